The van der Waals surface area contributed by atoms with Crippen LogP contribution in [0.3, 0.4) is 0 Å². The lowest BCUT2D eigenvalue weighted by Crippen LogP contribution is -2.55. The lowest BCUT2D eigenvalue weighted by atomic mass is 9.71. The Bertz CT molecular complexity index is 1300. The molecule has 2 heterocycles. The van der Waals surface area contributed by atoms with Crippen LogP contribution in [0.1, 0.15) is 54.4 Å². The fourth-order valence-electron chi connectivity index (χ4n) is 5.76. The molecule has 0 radical (unpaired) electrons. The summed E-state index contributed by atoms with van der Waals surface area (Å²) in [6.07, 6.45) is 5.13. The standard InChI is InChI=1S/C29H33NO5/c1-19-23-11-12-25(20(2)27(23)35-28(32)24(19)16-21-8-4-3-5-9-21)34-18-26(31)30-15-14-29(33)13-7-6-10-22(29)17-30/h3-5,8-9,11-12,22,33H,6-7,10,13-18H2,1-2H3/t22-,29+/m0/s1. The molecule has 3 aromatic rings. The van der Waals surface area contributed by atoms with Crippen molar-refractivity contribution in [1.82, 2.24) is 4.90 Å². The van der Waals surface area contributed by atoms with Crippen LogP contribution in [0, 0.1) is 19.8 Å². The largest absolute Gasteiger partial charge is 0.483 e. The first-order chi connectivity index (χ1) is 16.9. The van der Waals surface area contributed by atoms with Crippen molar-refractivity contribution in [2.45, 2.75) is 58.0 Å². The Balaban J connectivity index is 1.31. The Labute approximate surface area is 205 Å². The van der Waals surface area contributed by atoms with Gasteiger partial charge in [-0.05, 0) is 56.4 Å². The number of amides is 1. The summed E-state index contributed by atoms with van der Waals surface area (Å²) in [7, 11) is 0. The second-order valence-electron chi connectivity index (χ2n) is 10.1. The molecule has 2 aromatic carbocycles. The van der Waals surface area contributed by atoms with Gasteiger partial charge in [0.15, 0.2) is 6.61 Å². The van der Waals surface area contributed by atoms with Crippen LogP contribution in [0.15, 0.2) is 51.7 Å². The SMILES string of the molecule is Cc1c(Cc2ccccc2)c(=O)oc2c(C)c(OCC(=O)N3CC[C@]4(O)CCCC[C@H]4C3)ccc12. The Hall–Kier alpha value is -3.12. The summed E-state index contributed by atoms with van der Waals surface area (Å²) in [5.74, 6) is 0.613. The molecule has 6 heteroatoms. The van der Waals surface area contributed by atoms with Gasteiger partial charge in [-0.2, -0.15) is 0 Å². The fourth-order valence-corrected chi connectivity index (χ4v) is 5.76. The van der Waals surface area contributed by atoms with Crippen LogP contribution in [0.25, 0.3) is 11.0 Å². The minimum Gasteiger partial charge on any atom is -0.483 e. The fraction of sp³-hybridized carbons (Fsp3) is 0.448. The summed E-state index contributed by atoms with van der Waals surface area (Å²) in [4.78, 5) is 27.6. The van der Waals surface area contributed by atoms with Gasteiger partial charge in [-0.3, -0.25) is 4.79 Å². The van der Waals surface area contributed by atoms with Crippen LogP contribution in [-0.2, 0) is 11.2 Å². The molecule has 1 aliphatic heterocycles. The highest BCUT2D eigenvalue weighted by Gasteiger charge is 2.43. The third kappa shape index (κ3) is 4.59. The van der Waals surface area contributed by atoms with Gasteiger partial charge in [0, 0.05) is 41.9 Å². The molecule has 2 fully saturated rings. The topological polar surface area (TPSA) is 80.0 Å². The van der Waals surface area contributed by atoms with Crippen LogP contribution in [0.5, 0.6) is 5.75 Å². The molecular formula is C29H33NO5. The number of nitrogens with zero attached hydrogens (tertiary/aromatic N) is 1. The molecule has 2 atom stereocenters. The molecule has 1 saturated heterocycles. The molecule has 1 amide bonds. The van der Waals surface area contributed by atoms with E-state index in [2.05, 4.69) is 0 Å². The Morgan fingerprint density at radius 3 is 2.71 bits per heavy atom. The predicted molar refractivity (Wildman–Crippen MR) is 135 cm³/mol. The van der Waals surface area contributed by atoms with E-state index in [-0.39, 0.29) is 24.1 Å². The van der Waals surface area contributed by atoms with Gasteiger partial charge in [-0.1, -0.05) is 43.2 Å². The second-order valence-corrected chi connectivity index (χ2v) is 10.1. The lowest BCUT2D eigenvalue weighted by Gasteiger charge is -2.47. The lowest BCUT2D eigenvalue weighted by molar-refractivity contribution is -0.145. The van der Waals surface area contributed by atoms with Gasteiger partial charge < -0.3 is 19.2 Å². The number of carbonyl (C=O) groups excluding carboxylic acids is 1. The number of ether oxygens (including phenoxy) is 1. The van der Waals surface area contributed by atoms with Gasteiger partial charge in [-0.25, -0.2) is 4.79 Å². The van der Waals surface area contributed by atoms with Gasteiger partial charge in [0.25, 0.3) is 5.91 Å². The highest BCUT2D eigenvalue weighted by atomic mass is 16.5. The summed E-state index contributed by atoms with van der Waals surface area (Å²) in [6.45, 7) is 4.87. The van der Waals surface area contributed by atoms with Crippen LogP contribution >= 0.6 is 0 Å². The summed E-state index contributed by atoms with van der Waals surface area (Å²) in [5, 5.41) is 11.8. The maximum Gasteiger partial charge on any atom is 0.340 e. The van der Waals surface area contributed by atoms with Crippen LogP contribution in [0.2, 0.25) is 0 Å². The van der Waals surface area contributed by atoms with E-state index >= 15 is 0 Å². The predicted octanol–water partition coefficient (Wildman–Crippen LogP) is 4.53. The van der Waals surface area contributed by atoms with E-state index in [1.165, 1.54) is 0 Å². The van der Waals surface area contributed by atoms with E-state index in [0.717, 1.165) is 42.2 Å². The summed E-state index contributed by atoms with van der Waals surface area (Å²) in [5.41, 5.74) is 2.87. The number of aryl methyl sites for hydroxylation is 2. The van der Waals surface area contributed by atoms with Crippen LogP contribution in [-0.4, -0.2) is 41.2 Å². The third-order valence-electron chi connectivity index (χ3n) is 8.01. The summed E-state index contributed by atoms with van der Waals surface area (Å²) < 4.78 is 11.7. The molecule has 1 saturated carbocycles. The van der Waals surface area contributed by atoms with Crippen molar-refractivity contribution >= 4 is 16.9 Å². The molecule has 0 bridgehead atoms. The molecule has 184 valence electrons. The Morgan fingerprint density at radius 2 is 1.91 bits per heavy atom. The number of hydrogen-bond donors (Lipinski definition) is 1. The van der Waals surface area contributed by atoms with Crippen molar-refractivity contribution in [2.75, 3.05) is 19.7 Å². The minimum atomic E-state index is -0.612. The Morgan fingerprint density at radius 1 is 1.11 bits per heavy atom. The zero-order chi connectivity index (χ0) is 24.6. The average Bonchev–Trinajstić information content (AvgIpc) is 2.86. The van der Waals surface area contributed by atoms with Crippen molar-refractivity contribution in [3.05, 3.63) is 75.1 Å². The van der Waals surface area contributed by atoms with E-state index in [1.807, 2.05) is 61.2 Å². The molecule has 1 N–H and O–H groups in total. The number of rotatable bonds is 5. The van der Waals surface area contributed by atoms with Gasteiger partial charge in [0.1, 0.15) is 11.3 Å². The van der Waals surface area contributed by atoms with Gasteiger partial charge >= 0.3 is 5.63 Å². The van der Waals surface area contributed by atoms with E-state index in [4.69, 9.17) is 9.15 Å². The smallest absolute Gasteiger partial charge is 0.340 e. The summed E-state index contributed by atoms with van der Waals surface area (Å²) >= 11 is 0. The van der Waals surface area contributed by atoms with Crippen molar-refractivity contribution in [1.29, 1.82) is 0 Å². The third-order valence-corrected chi connectivity index (χ3v) is 8.01. The van der Waals surface area contributed by atoms with Gasteiger partial charge in [-0.15, -0.1) is 0 Å². The van der Waals surface area contributed by atoms with E-state index in [9.17, 15) is 14.7 Å². The number of benzene rings is 2. The number of piperidine rings is 1. The van der Waals surface area contributed by atoms with Crippen molar-refractivity contribution in [2.24, 2.45) is 5.92 Å². The minimum absolute atomic E-state index is 0.0760. The number of aliphatic hydroxyl groups is 1. The van der Waals surface area contributed by atoms with Crippen LogP contribution in [0.4, 0.5) is 0 Å². The zero-order valence-corrected chi connectivity index (χ0v) is 20.5. The van der Waals surface area contributed by atoms with Crippen molar-refractivity contribution in [3.8, 4) is 5.75 Å². The van der Waals surface area contributed by atoms with E-state index < -0.39 is 5.60 Å². The van der Waals surface area contributed by atoms with Gasteiger partial charge in [0.2, 0.25) is 0 Å². The molecule has 6 nitrogen and oxygen atoms in total. The highest BCUT2D eigenvalue weighted by Crippen LogP contribution is 2.39. The summed E-state index contributed by atoms with van der Waals surface area (Å²) in [6, 6.07) is 13.6. The maximum absolute atomic E-state index is 12.9. The number of carbonyl (C=O) groups is 1. The maximum atomic E-state index is 12.9. The molecule has 35 heavy (non-hydrogen) atoms. The second kappa shape index (κ2) is 9.50. The molecule has 2 aliphatic rings. The number of likely N-dealkylation sites (tertiary alicyclic amines) is 1. The van der Waals surface area contributed by atoms with E-state index in [1.54, 1.807) is 0 Å². The highest BCUT2D eigenvalue weighted by molar-refractivity contribution is 5.86. The molecule has 1 aromatic heterocycles. The normalized spacial score (nSPS) is 22.1. The van der Waals surface area contributed by atoms with Crippen molar-refractivity contribution in [3.63, 3.8) is 0 Å². The molecule has 5 rings (SSSR count). The molecular weight excluding hydrogens is 442 g/mol. The first kappa shape index (κ1) is 23.6. The van der Waals surface area contributed by atoms with E-state index in [0.29, 0.717) is 48.4 Å². The first-order valence-electron chi connectivity index (χ1n) is 12.6. The van der Waals surface area contributed by atoms with Crippen LogP contribution < -0.4 is 10.4 Å². The zero-order valence-electron chi connectivity index (χ0n) is 20.5. The number of fused-ring (bicyclic) bond motifs is 2. The monoisotopic (exact) mass is 475 g/mol. The molecule has 0 spiro atoms. The molecule has 0 unspecified atom stereocenters. The van der Waals surface area contributed by atoms with Crippen molar-refractivity contribution < 1.29 is 19.1 Å². The molecule has 1 aliphatic carbocycles. The quantitative estimate of drug-likeness (QED) is 0.549. The Kier molecular flexibility index (Phi) is 6.41. The van der Waals surface area contributed by atoms with Gasteiger partial charge in [0.05, 0.1) is 5.60 Å². The average molecular weight is 476 g/mol. The first-order valence-corrected chi connectivity index (χ1v) is 12.6. The number of hydrogen-bond acceptors (Lipinski definition) is 5.